The number of hydrogen-bond donors (Lipinski definition) is 1. The molecule has 1 aliphatic rings. The summed E-state index contributed by atoms with van der Waals surface area (Å²) in [5.74, 6) is 4.97. The lowest BCUT2D eigenvalue weighted by atomic mass is 10.1. The van der Waals surface area contributed by atoms with Gasteiger partial charge in [-0.1, -0.05) is 11.8 Å². The van der Waals surface area contributed by atoms with Crippen LogP contribution >= 0.6 is 0 Å². The van der Waals surface area contributed by atoms with Crippen molar-refractivity contribution >= 4 is 0 Å². The molecule has 1 aromatic rings. The van der Waals surface area contributed by atoms with Crippen molar-refractivity contribution in [1.82, 2.24) is 4.90 Å². The van der Waals surface area contributed by atoms with Crippen molar-refractivity contribution in [2.24, 2.45) is 0 Å². The Hall–Kier alpha value is -1.41. The van der Waals surface area contributed by atoms with Gasteiger partial charge in [-0.3, -0.25) is 4.90 Å². The third-order valence-corrected chi connectivity index (χ3v) is 2.78. The van der Waals surface area contributed by atoms with E-state index in [1.54, 1.807) is 0 Å². The van der Waals surface area contributed by atoms with Gasteiger partial charge in [0.25, 0.3) is 0 Å². The van der Waals surface area contributed by atoms with Crippen molar-refractivity contribution in [2.75, 3.05) is 32.9 Å². The molecule has 1 heterocycles. The minimum absolute atomic E-state index is 0.213. The van der Waals surface area contributed by atoms with Crippen LogP contribution in [-0.4, -0.2) is 42.9 Å². The fraction of sp³-hybridized carbons (Fsp3) is 0.429. The van der Waals surface area contributed by atoms with Gasteiger partial charge in [-0.15, -0.1) is 0 Å². The highest BCUT2D eigenvalue weighted by molar-refractivity contribution is 5.37. The van der Waals surface area contributed by atoms with Gasteiger partial charge in [0, 0.05) is 25.2 Å². The molecule has 0 radical (unpaired) electrons. The summed E-state index contributed by atoms with van der Waals surface area (Å²) < 4.78 is 18.7. The van der Waals surface area contributed by atoms with E-state index in [9.17, 15) is 4.39 Å². The normalized spacial score (nSPS) is 16.1. The Morgan fingerprint density at radius 1 is 1.28 bits per heavy atom. The van der Waals surface area contributed by atoms with E-state index < -0.39 is 0 Å². The van der Waals surface area contributed by atoms with E-state index in [1.807, 2.05) is 6.07 Å². The predicted molar refractivity (Wildman–Crippen MR) is 66.5 cm³/mol. The maximum absolute atomic E-state index is 13.4. The number of aliphatic hydroxyl groups excluding tert-OH is 1. The summed E-state index contributed by atoms with van der Waals surface area (Å²) in [4.78, 5) is 2.22. The molecule has 0 aromatic heterocycles. The van der Waals surface area contributed by atoms with Crippen molar-refractivity contribution in [1.29, 1.82) is 0 Å². The number of nitrogens with zero attached hydrogens (tertiary/aromatic N) is 1. The van der Waals surface area contributed by atoms with Gasteiger partial charge >= 0.3 is 0 Å². The van der Waals surface area contributed by atoms with Crippen molar-refractivity contribution < 1.29 is 14.2 Å². The van der Waals surface area contributed by atoms with Crippen LogP contribution in [0.2, 0.25) is 0 Å². The van der Waals surface area contributed by atoms with Gasteiger partial charge in [0.15, 0.2) is 0 Å². The zero-order valence-corrected chi connectivity index (χ0v) is 10.2. The van der Waals surface area contributed by atoms with E-state index in [4.69, 9.17) is 9.84 Å². The second-order valence-electron chi connectivity index (χ2n) is 4.20. The van der Waals surface area contributed by atoms with Crippen molar-refractivity contribution in [3.8, 4) is 11.8 Å². The monoisotopic (exact) mass is 249 g/mol. The average Bonchev–Trinajstić information content (AvgIpc) is 2.37. The Morgan fingerprint density at radius 2 is 2.06 bits per heavy atom. The third kappa shape index (κ3) is 3.81. The van der Waals surface area contributed by atoms with E-state index in [0.29, 0.717) is 12.1 Å². The molecule has 1 fully saturated rings. The second kappa shape index (κ2) is 6.50. The second-order valence-corrected chi connectivity index (χ2v) is 4.20. The minimum atomic E-state index is -0.289. The van der Waals surface area contributed by atoms with Crippen molar-refractivity contribution in [2.45, 2.75) is 6.54 Å². The van der Waals surface area contributed by atoms with Gasteiger partial charge in [-0.2, -0.15) is 0 Å². The molecule has 0 bridgehead atoms. The topological polar surface area (TPSA) is 32.7 Å². The molecule has 0 spiro atoms. The van der Waals surface area contributed by atoms with Crippen LogP contribution in [0, 0.1) is 17.7 Å². The SMILES string of the molecule is OCC#Cc1cc(F)cc(CN2CCOCC2)c1. The van der Waals surface area contributed by atoms with Gasteiger partial charge in [0.2, 0.25) is 0 Å². The van der Waals surface area contributed by atoms with Crippen LogP contribution in [0.5, 0.6) is 0 Å². The first-order valence-electron chi connectivity index (χ1n) is 5.97. The number of hydrogen-bond acceptors (Lipinski definition) is 3. The molecule has 0 amide bonds. The van der Waals surface area contributed by atoms with E-state index in [0.717, 1.165) is 31.9 Å². The van der Waals surface area contributed by atoms with Crippen LogP contribution in [0.25, 0.3) is 0 Å². The Labute approximate surface area is 106 Å². The number of rotatable bonds is 2. The summed E-state index contributed by atoms with van der Waals surface area (Å²) in [7, 11) is 0. The molecule has 18 heavy (non-hydrogen) atoms. The number of aliphatic hydroxyl groups is 1. The summed E-state index contributed by atoms with van der Waals surface area (Å²) >= 11 is 0. The standard InChI is InChI=1S/C14H16FNO2/c15-14-9-12(2-1-5-17)8-13(10-14)11-16-3-6-18-7-4-16/h8-10,17H,3-7,11H2. The van der Waals surface area contributed by atoms with Crippen LogP contribution in [0.4, 0.5) is 4.39 Å². The molecule has 0 atom stereocenters. The fourth-order valence-electron chi connectivity index (χ4n) is 1.97. The van der Waals surface area contributed by atoms with Gasteiger partial charge in [-0.05, 0) is 23.8 Å². The molecule has 3 nitrogen and oxygen atoms in total. The number of ether oxygens (including phenoxy) is 1. The van der Waals surface area contributed by atoms with E-state index in [-0.39, 0.29) is 12.4 Å². The molecule has 1 aliphatic heterocycles. The predicted octanol–water partition coefficient (Wildman–Crippen LogP) is 1.00. The van der Waals surface area contributed by atoms with E-state index in [2.05, 4.69) is 16.7 Å². The van der Waals surface area contributed by atoms with Crippen molar-refractivity contribution in [3.05, 3.63) is 35.1 Å². The first kappa shape index (κ1) is 13.0. The Kier molecular flexibility index (Phi) is 4.71. The quantitative estimate of drug-likeness (QED) is 0.794. The average molecular weight is 249 g/mol. The van der Waals surface area contributed by atoms with E-state index in [1.165, 1.54) is 12.1 Å². The molecule has 1 aromatic carbocycles. The highest BCUT2D eigenvalue weighted by Gasteiger charge is 2.11. The first-order chi connectivity index (χ1) is 8.78. The zero-order chi connectivity index (χ0) is 12.8. The molecule has 2 rings (SSSR count). The lowest BCUT2D eigenvalue weighted by molar-refractivity contribution is 0.0341. The van der Waals surface area contributed by atoms with Crippen LogP contribution in [0.1, 0.15) is 11.1 Å². The minimum Gasteiger partial charge on any atom is -0.384 e. The number of halogens is 1. The molecule has 4 heteroatoms. The summed E-state index contributed by atoms with van der Waals surface area (Å²) in [6, 6.07) is 4.77. The maximum Gasteiger partial charge on any atom is 0.124 e. The molecule has 0 unspecified atom stereocenters. The molecule has 0 saturated carbocycles. The van der Waals surface area contributed by atoms with Gasteiger partial charge < -0.3 is 9.84 Å². The van der Waals surface area contributed by atoms with E-state index >= 15 is 0 Å². The lowest BCUT2D eigenvalue weighted by Gasteiger charge is -2.26. The molecule has 1 saturated heterocycles. The molecule has 0 aliphatic carbocycles. The maximum atomic E-state index is 13.4. The molecule has 1 N–H and O–H groups in total. The summed E-state index contributed by atoms with van der Waals surface area (Å²) in [6.07, 6.45) is 0. The van der Waals surface area contributed by atoms with Crippen LogP contribution in [0.3, 0.4) is 0 Å². The largest absolute Gasteiger partial charge is 0.384 e. The first-order valence-corrected chi connectivity index (χ1v) is 5.97. The summed E-state index contributed by atoms with van der Waals surface area (Å²) in [5.41, 5.74) is 1.51. The summed E-state index contributed by atoms with van der Waals surface area (Å²) in [6.45, 7) is 3.69. The Balaban J connectivity index is 2.09. The van der Waals surface area contributed by atoms with Crippen molar-refractivity contribution in [3.63, 3.8) is 0 Å². The highest BCUT2D eigenvalue weighted by Crippen LogP contribution is 2.12. The fourth-order valence-corrected chi connectivity index (χ4v) is 1.97. The van der Waals surface area contributed by atoms with Gasteiger partial charge in [-0.25, -0.2) is 4.39 Å². The van der Waals surface area contributed by atoms with Crippen LogP contribution < -0.4 is 0 Å². The zero-order valence-electron chi connectivity index (χ0n) is 10.2. The van der Waals surface area contributed by atoms with Crippen LogP contribution in [0.15, 0.2) is 18.2 Å². The smallest absolute Gasteiger partial charge is 0.124 e. The van der Waals surface area contributed by atoms with Gasteiger partial charge in [0.1, 0.15) is 12.4 Å². The molecule has 96 valence electrons. The number of morpholine rings is 1. The third-order valence-electron chi connectivity index (χ3n) is 2.78. The summed E-state index contributed by atoms with van der Waals surface area (Å²) in [5, 5.41) is 8.64. The number of benzene rings is 1. The Bertz CT molecular complexity index is 459. The van der Waals surface area contributed by atoms with Crippen LogP contribution in [-0.2, 0) is 11.3 Å². The molecular formula is C14H16FNO2. The van der Waals surface area contributed by atoms with Gasteiger partial charge in [0.05, 0.1) is 13.2 Å². The molecular weight excluding hydrogens is 233 g/mol. The highest BCUT2D eigenvalue weighted by atomic mass is 19.1. The Morgan fingerprint density at radius 3 is 2.78 bits per heavy atom. The lowest BCUT2D eigenvalue weighted by Crippen LogP contribution is -2.35.